The van der Waals surface area contributed by atoms with Gasteiger partial charge in [-0.25, -0.2) is 0 Å². The summed E-state index contributed by atoms with van der Waals surface area (Å²) in [7, 11) is 0. The molecular weight excluding hydrogens is 400 g/mol. The van der Waals surface area contributed by atoms with Crippen LogP contribution in [0.2, 0.25) is 5.02 Å². The lowest BCUT2D eigenvalue weighted by atomic mass is 10.3. The highest BCUT2D eigenvalue weighted by molar-refractivity contribution is 8.18. The smallest absolute Gasteiger partial charge is 0.267 e. The second-order valence-electron chi connectivity index (χ2n) is 6.60. The molecule has 1 fully saturated rings. The lowest BCUT2D eigenvalue weighted by Gasteiger charge is -2.20. The molecule has 0 spiro atoms. The van der Waals surface area contributed by atoms with Crippen LogP contribution in [-0.2, 0) is 4.79 Å². The number of amidine groups is 1. The molecule has 3 rings (SSSR count). The normalized spacial score (nSPS) is 17.9. The van der Waals surface area contributed by atoms with E-state index in [1.54, 1.807) is 11.0 Å². The summed E-state index contributed by atoms with van der Waals surface area (Å²) >= 11 is 8.83. The van der Waals surface area contributed by atoms with Gasteiger partial charge in [-0.2, -0.15) is 0 Å². The van der Waals surface area contributed by atoms with Crippen LogP contribution < -0.4 is 0 Å². The molecule has 2 heterocycles. The van der Waals surface area contributed by atoms with Crippen molar-refractivity contribution < 1.29 is 9.21 Å². The van der Waals surface area contributed by atoms with Gasteiger partial charge in [-0.3, -0.25) is 14.7 Å². The summed E-state index contributed by atoms with van der Waals surface area (Å²) in [6.07, 6.45) is 1.79. The van der Waals surface area contributed by atoms with Crippen LogP contribution in [-0.4, -0.2) is 28.1 Å². The van der Waals surface area contributed by atoms with Gasteiger partial charge in [0, 0.05) is 28.1 Å². The molecule has 0 N–H and O–H groups in total. The van der Waals surface area contributed by atoms with E-state index in [1.807, 2.05) is 64.1 Å². The molecule has 1 aromatic carbocycles. The zero-order valence-electron chi connectivity index (χ0n) is 15.6. The fraction of sp³-hybridized carbons (Fsp3) is 0.300. The van der Waals surface area contributed by atoms with E-state index in [2.05, 4.69) is 4.99 Å². The van der Waals surface area contributed by atoms with E-state index in [9.17, 15) is 4.79 Å². The minimum absolute atomic E-state index is 0.0299. The predicted octanol–water partition coefficient (Wildman–Crippen LogP) is 6.17. The number of furan rings is 1. The number of benzene rings is 1. The minimum atomic E-state index is -0.0299. The van der Waals surface area contributed by atoms with Gasteiger partial charge in [-0.05, 0) is 75.9 Å². The van der Waals surface area contributed by atoms with Gasteiger partial charge in [-0.1, -0.05) is 23.4 Å². The summed E-state index contributed by atoms with van der Waals surface area (Å²) in [4.78, 5) is 20.8. The van der Waals surface area contributed by atoms with Crippen molar-refractivity contribution in [3.63, 3.8) is 0 Å². The van der Waals surface area contributed by atoms with Gasteiger partial charge in [0.1, 0.15) is 5.76 Å². The number of rotatable bonds is 5. The van der Waals surface area contributed by atoms with Crippen molar-refractivity contribution in [1.29, 1.82) is 0 Å². The van der Waals surface area contributed by atoms with E-state index < -0.39 is 0 Å². The Bertz CT molecular complexity index is 886. The average Bonchev–Trinajstić information content (AvgIpc) is 3.14. The summed E-state index contributed by atoms with van der Waals surface area (Å²) in [6, 6.07) is 11.5. The van der Waals surface area contributed by atoms with Gasteiger partial charge in [0.15, 0.2) is 10.3 Å². The number of carbonyl (C=O) groups excluding carboxylic acids is 1. The second kappa shape index (κ2) is 8.59. The number of nitrogens with zero attached hydrogens (tertiary/aromatic N) is 2. The van der Waals surface area contributed by atoms with E-state index in [1.165, 1.54) is 23.5 Å². The molecule has 27 heavy (non-hydrogen) atoms. The molecule has 1 aliphatic heterocycles. The fourth-order valence-corrected chi connectivity index (χ4v) is 4.59. The zero-order chi connectivity index (χ0) is 19.6. The first-order chi connectivity index (χ1) is 12.8. The molecule has 1 saturated heterocycles. The van der Waals surface area contributed by atoms with Crippen LogP contribution >= 0.6 is 35.1 Å². The van der Waals surface area contributed by atoms with Crippen molar-refractivity contribution in [1.82, 2.24) is 4.90 Å². The zero-order valence-corrected chi connectivity index (χ0v) is 18.0. The largest absolute Gasteiger partial charge is 0.450 e. The third-order valence-corrected chi connectivity index (χ3v) is 5.81. The summed E-state index contributed by atoms with van der Waals surface area (Å²) in [6.45, 7) is 7.99. The first-order valence-electron chi connectivity index (χ1n) is 8.67. The molecule has 1 aliphatic rings. The van der Waals surface area contributed by atoms with Crippen LogP contribution in [0, 0.1) is 0 Å². The Balaban J connectivity index is 1.79. The monoisotopic (exact) mass is 420 g/mol. The van der Waals surface area contributed by atoms with Crippen LogP contribution in [0.25, 0.3) is 6.08 Å². The lowest BCUT2D eigenvalue weighted by Crippen LogP contribution is -2.35. The maximum absolute atomic E-state index is 12.8. The van der Waals surface area contributed by atoms with Gasteiger partial charge >= 0.3 is 0 Å². The van der Waals surface area contributed by atoms with Crippen LogP contribution in [0.5, 0.6) is 0 Å². The van der Waals surface area contributed by atoms with Gasteiger partial charge < -0.3 is 4.42 Å². The molecule has 0 bridgehead atoms. The quantitative estimate of drug-likeness (QED) is 0.542. The highest BCUT2D eigenvalue weighted by Crippen LogP contribution is 2.36. The molecule has 7 heteroatoms. The number of hydrogen-bond acceptors (Lipinski definition) is 5. The van der Waals surface area contributed by atoms with E-state index in [0.717, 1.165) is 15.2 Å². The van der Waals surface area contributed by atoms with Crippen LogP contribution in [0.3, 0.4) is 0 Å². The van der Waals surface area contributed by atoms with Crippen molar-refractivity contribution in [2.45, 2.75) is 49.8 Å². The van der Waals surface area contributed by atoms with Gasteiger partial charge in [0.25, 0.3) is 5.91 Å². The standard InChI is InChI=1S/C20H21ClN2O2S2/c1-12(2)22-20-23(13(3)4)19(24)17(27-20)11-15-7-10-18(25-15)26-16-8-5-14(21)6-9-16/h5-13H,1-4H3/b17-11+,22-20?. The molecule has 2 aromatic rings. The van der Waals surface area contributed by atoms with Crippen molar-refractivity contribution in [2.24, 2.45) is 4.99 Å². The SMILES string of the molecule is CC(C)N=C1S/C(=C/c2ccc(Sc3ccc(Cl)cc3)o2)C(=O)N1C(C)C. The van der Waals surface area contributed by atoms with Crippen molar-refractivity contribution in [2.75, 3.05) is 0 Å². The molecule has 1 amide bonds. The fourth-order valence-electron chi connectivity index (χ4n) is 2.47. The Morgan fingerprint density at radius 2 is 1.85 bits per heavy atom. The summed E-state index contributed by atoms with van der Waals surface area (Å²) < 4.78 is 5.87. The Morgan fingerprint density at radius 1 is 1.15 bits per heavy atom. The molecule has 142 valence electrons. The maximum atomic E-state index is 12.8. The molecule has 0 saturated carbocycles. The third-order valence-electron chi connectivity index (χ3n) is 3.63. The van der Waals surface area contributed by atoms with Crippen molar-refractivity contribution >= 4 is 52.3 Å². The maximum Gasteiger partial charge on any atom is 0.267 e. The van der Waals surface area contributed by atoms with E-state index in [4.69, 9.17) is 16.0 Å². The number of aliphatic imine (C=N–C) groups is 1. The predicted molar refractivity (Wildman–Crippen MR) is 114 cm³/mol. The molecule has 0 atom stereocenters. The van der Waals surface area contributed by atoms with E-state index in [-0.39, 0.29) is 18.0 Å². The van der Waals surface area contributed by atoms with Crippen molar-refractivity contribution in [3.05, 3.63) is 52.1 Å². The Hall–Kier alpha value is -1.63. The molecule has 0 radical (unpaired) electrons. The third kappa shape index (κ3) is 5.00. The lowest BCUT2D eigenvalue weighted by molar-refractivity contribution is -0.123. The Kier molecular flexibility index (Phi) is 6.40. The van der Waals surface area contributed by atoms with Crippen LogP contribution in [0.1, 0.15) is 33.5 Å². The van der Waals surface area contributed by atoms with Gasteiger partial charge in [-0.15, -0.1) is 0 Å². The van der Waals surface area contributed by atoms with Crippen LogP contribution in [0.4, 0.5) is 0 Å². The number of thioether (sulfide) groups is 1. The van der Waals surface area contributed by atoms with Crippen LogP contribution in [0.15, 0.2) is 60.7 Å². The molecule has 0 aliphatic carbocycles. The van der Waals surface area contributed by atoms with E-state index >= 15 is 0 Å². The van der Waals surface area contributed by atoms with Crippen molar-refractivity contribution in [3.8, 4) is 0 Å². The summed E-state index contributed by atoms with van der Waals surface area (Å²) in [5.41, 5.74) is 0. The average molecular weight is 421 g/mol. The number of hydrogen-bond donors (Lipinski definition) is 0. The Labute approximate surface area is 173 Å². The number of halogens is 1. The molecule has 4 nitrogen and oxygen atoms in total. The molecular formula is C20H21ClN2O2S2. The van der Waals surface area contributed by atoms with Gasteiger partial charge in [0.2, 0.25) is 0 Å². The molecule has 0 unspecified atom stereocenters. The topological polar surface area (TPSA) is 45.8 Å². The Morgan fingerprint density at radius 3 is 2.48 bits per heavy atom. The highest BCUT2D eigenvalue weighted by atomic mass is 35.5. The second-order valence-corrected chi connectivity index (χ2v) is 9.12. The minimum Gasteiger partial charge on any atom is -0.450 e. The first kappa shape index (κ1) is 20.1. The first-order valence-corrected chi connectivity index (χ1v) is 10.7. The highest BCUT2D eigenvalue weighted by Gasteiger charge is 2.35. The van der Waals surface area contributed by atoms with E-state index in [0.29, 0.717) is 15.7 Å². The number of amides is 1. The molecule has 1 aromatic heterocycles. The van der Waals surface area contributed by atoms with Gasteiger partial charge in [0.05, 0.1) is 4.91 Å². The number of carbonyl (C=O) groups is 1. The summed E-state index contributed by atoms with van der Waals surface area (Å²) in [5, 5.41) is 2.21. The summed E-state index contributed by atoms with van der Waals surface area (Å²) in [5.74, 6) is 0.620.